The molecule has 12 heteroatoms. The van der Waals surface area contributed by atoms with E-state index in [4.69, 9.17) is 0 Å². The molecule has 41 heavy (non-hydrogen) atoms. The Hall–Kier alpha value is -3.96. The normalized spacial score (nSPS) is 29.4. The van der Waals surface area contributed by atoms with Gasteiger partial charge in [-0.1, -0.05) is 30.3 Å². The molecule has 0 radical (unpaired) electrons. The predicted molar refractivity (Wildman–Crippen MR) is 147 cm³/mol. The summed E-state index contributed by atoms with van der Waals surface area (Å²) < 4.78 is 0. The number of hydrogen-bond acceptors (Lipinski definition) is 6. The zero-order valence-corrected chi connectivity index (χ0v) is 23.6. The Bertz CT molecular complexity index is 1220. The number of amides is 7. The number of nitrogens with one attached hydrogen (secondary N) is 2. The Balaban J connectivity index is 1.36. The van der Waals surface area contributed by atoms with Crippen LogP contribution in [0.3, 0.4) is 0 Å². The molecule has 0 aliphatic carbocycles. The molecule has 7 amide bonds. The van der Waals surface area contributed by atoms with Crippen molar-refractivity contribution in [3.63, 3.8) is 0 Å². The number of nitrogens with zero attached hydrogens (tertiary/aromatic N) is 4. The summed E-state index contributed by atoms with van der Waals surface area (Å²) in [6.07, 6.45) is 2.52. The van der Waals surface area contributed by atoms with Gasteiger partial charge in [0.25, 0.3) is 5.91 Å². The van der Waals surface area contributed by atoms with Gasteiger partial charge in [0.1, 0.15) is 25.2 Å². The quantitative estimate of drug-likeness (QED) is 0.491. The molecular weight excluding hydrogens is 528 g/mol. The topological polar surface area (TPSA) is 139 Å². The van der Waals surface area contributed by atoms with E-state index in [9.17, 15) is 28.8 Å². The molecule has 0 spiro atoms. The molecule has 0 aromatic heterocycles. The van der Waals surface area contributed by atoms with Gasteiger partial charge in [-0.15, -0.1) is 0 Å². The lowest BCUT2D eigenvalue weighted by Crippen LogP contribution is -2.64. The molecular formula is C29H38N6O6. The number of carbonyl (C=O) groups excluding carboxylic acids is 6. The molecule has 4 saturated heterocycles. The van der Waals surface area contributed by atoms with Gasteiger partial charge in [0.2, 0.25) is 23.6 Å². The molecule has 220 valence electrons. The minimum Gasteiger partial charge on any atom is -0.345 e. The summed E-state index contributed by atoms with van der Waals surface area (Å²) >= 11 is 0. The van der Waals surface area contributed by atoms with Crippen LogP contribution in [0.5, 0.6) is 0 Å². The number of hydrogen-bond donors (Lipinski definition) is 2. The molecule has 0 saturated carbocycles. The lowest BCUT2D eigenvalue weighted by Gasteiger charge is -2.51. The van der Waals surface area contributed by atoms with Gasteiger partial charge in [0, 0.05) is 45.6 Å². The average Bonchev–Trinajstić information content (AvgIpc) is 3.18. The molecule has 4 aliphatic rings. The van der Waals surface area contributed by atoms with Crippen molar-refractivity contribution in [3.05, 3.63) is 35.9 Å². The zero-order chi connectivity index (χ0) is 29.3. The van der Waals surface area contributed by atoms with Crippen LogP contribution in [0.1, 0.15) is 38.2 Å². The van der Waals surface area contributed by atoms with Crippen LogP contribution in [0.25, 0.3) is 0 Å². The Morgan fingerprint density at radius 1 is 1.00 bits per heavy atom. The van der Waals surface area contributed by atoms with E-state index in [0.29, 0.717) is 38.9 Å². The van der Waals surface area contributed by atoms with Crippen molar-refractivity contribution < 1.29 is 28.8 Å². The smallest absolute Gasteiger partial charge is 0.327 e. The zero-order valence-electron chi connectivity index (χ0n) is 23.6. The van der Waals surface area contributed by atoms with Gasteiger partial charge in [0.05, 0.1) is 0 Å². The summed E-state index contributed by atoms with van der Waals surface area (Å²) in [5.74, 6) is -1.46. The minimum absolute atomic E-state index is 0.0220. The van der Waals surface area contributed by atoms with Crippen molar-refractivity contribution in [2.75, 3.05) is 39.8 Å². The lowest BCUT2D eigenvalue weighted by molar-refractivity contribution is -0.149. The second kappa shape index (κ2) is 11.9. The SMILES string of the molecule is C[C@H]1NC(=O)CCC[C@H]2[C@@H]3C[C@@H](CN(C(=O)CN4C(=O)CN(C)C4=O)C3)CN2C(=O)[C@H](Cc2ccccc2)NC1=O. The van der Waals surface area contributed by atoms with Crippen LogP contribution in [-0.4, -0.2) is 113 Å². The molecule has 4 aliphatic heterocycles. The first kappa shape index (κ1) is 28.6. The fourth-order valence-corrected chi connectivity index (χ4v) is 6.63. The lowest BCUT2D eigenvalue weighted by atomic mass is 9.77. The van der Waals surface area contributed by atoms with Crippen LogP contribution >= 0.6 is 0 Å². The fourth-order valence-electron chi connectivity index (χ4n) is 6.63. The number of rotatable bonds is 4. The van der Waals surface area contributed by atoms with E-state index in [2.05, 4.69) is 10.6 Å². The maximum Gasteiger partial charge on any atom is 0.327 e. The van der Waals surface area contributed by atoms with Gasteiger partial charge in [-0.3, -0.25) is 28.9 Å². The predicted octanol–water partition coefficient (Wildman–Crippen LogP) is -0.0280. The molecule has 4 fully saturated rings. The summed E-state index contributed by atoms with van der Waals surface area (Å²) in [6, 6.07) is 7.25. The van der Waals surface area contributed by atoms with E-state index >= 15 is 0 Å². The summed E-state index contributed by atoms with van der Waals surface area (Å²) in [7, 11) is 1.53. The first-order valence-electron chi connectivity index (χ1n) is 14.4. The Labute approximate surface area is 239 Å². The van der Waals surface area contributed by atoms with Crippen LogP contribution in [-0.2, 0) is 30.4 Å². The van der Waals surface area contributed by atoms with Crippen molar-refractivity contribution in [2.45, 2.75) is 57.2 Å². The van der Waals surface area contributed by atoms with Crippen molar-refractivity contribution in [3.8, 4) is 0 Å². The fraction of sp³-hybridized carbons (Fsp3) is 0.586. The molecule has 4 heterocycles. The van der Waals surface area contributed by atoms with Crippen LogP contribution < -0.4 is 10.6 Å². The number of urea groups is 1. The third-order valence-electron chi connectivity index (χ3n) is 8.70. The highest BCUT2D eigenvalue weighted by atomic mass is 16.2. The molecule has 2 bridgehead atoms. The van der Waals surface area contributed by atoms with Crippen molar-refractivity contribution in [2.24, 2.45) is 11.8 Å². The third kappa shape index (κ3) is 6.20. The molecule has 2 N–H and O–H groups in total. The summed E-state index contributed by atoms with van der Waals surface area (Å²) in [5.41, 5.74) is 0.914. The van der Waals surface area contributed by atoms with Crippen LogP contribution in [0.4, 0.5) is 4.79 Å². The van der Waals surface area contributed by atoms with E-state index in [0.717, 1.165) is 16.9 Å². The largest absolute Gasteiger partial charge is 0.345 e. The maximum absolute atomic E-state index is 14.2. The molecule has 5 rings (SSSR count). The van der Waals surface area contributed by atoms with Gasteiger partial charge in [0.15, 0.2) is 0 Å². The number of fused-ring (bicyclic) bond motifs is 4. The van der Waals surface area contributed by atoms with Gasteiger partial charge in [-0.2, -0.15) is 0 Å². The van der Waals surface area contributed by atoms with Gasteiger partial charge >= 0.3 is 6.03 Å². The summed E-state index contributed by atoms with van der Waals surface area (Å²) in [5, 5.41) is 5.64. The average molecular weight is 567 g/mol. The van der Waals surface area contributed by atoms with Crippen molar-refractivity contribution >= 4 is 35.6 Å². The van der Waals surface area contributed by atoms with Crippen LogP contribution in [0, 0.1) is 11.8 Å². The van der Waals surface area contributed by atoms with Crippen molar-refractivity contribution in [1.29, 1.82) is 0 Å². The number of likely N-dealkylation sites (tertiary alicyclic amines) is 1. The Kier molecular flexibility index (Phi) is 8.27. The highest BCUT2D eigenvalue weighted by Crippen LogP contribution is 2.36. The van der Waals surface area contributed by atoms with E-state index in [1.54, 1.807) is 11.8 Å². The van der Waals surface area contributed by atoms with E-state index in [1.165, 1.54) is 11.9 Å². The Morgan fingerprint density at radius 3 is 2.46 bits per heavy atom. The van der Waals surface area contributed by atoms with Crippen LogP contribution in [0.2, 0.25) is 0 Å². The molecule has 1 aromatic carbocycles. The molecule has 5 atom stereocenters. The highest BCUT2D eigenvalue weighted by molar-refractivity contribution is 6.04. The monoisotopic (exact) mass is 566 g/mol. The van der Waals surface area contributed by atoms with Gasteiger partial charge in [-0.05, 0) is 43.6 Å². The molecule has 0 unspecified atom stereocenters. The maximum atomic E-state index is 14.2. The molecule has 1 aromatic rings. The summed E-state index contributed by atoms with van der Waals surface area (Å²) in [4.78, 5) is 83.4. The van der Waals surface area contributed by atoms with Crippen molar-refractivity contribution in [1.82, 2.24) is 30.2 Å². The highest BCUT2D eigenvalue weighted by Gasteiger charge is 2.46. The molecule has 12 nitrogen and oxygen atoms in total. The van der Waals surface area contributed by atoms with E-state index < -0.39 is 29.9 Å². The second-order valence-corrected chi connectivity index (χ2v) is 11.8. The van der Waals surface area contributed by atoms with E-state index in [1.807, 2.05) is 35.2 Å². The first-order chi connectivity index (χ1) is 19.6. The second-order valence-electron chi connectivity index (χ2n) is 11.8. The summed E-state index contributed by atoms with van der Waals surface area (Å²) in [6.45, 7) is 2.53. The minimum atomic E-state index is -0.799. The first-order valence-corrected chi connectivity index (χ1v) is 14.4. The number of benzene rings is 1. The van der Waals surface area contributed by atoms with E-state index in [-0.39, 0.29) is 55.1 Å². The van der Waals surface area contributed by atoms with Gasteiger partial charge in [-0.25, -0.2) is 4.79 Å². The number of carbonyl (C=O) groups is 6. The number of likely N-dealkylation sites (N-methyl/N-ethyl adjacent to an activating group) is 1. The third-order valence-corrected chi connectivity index (χ3v) is 8.70. The Morgan fingerprint density at radius 2 is 1.76 bits per heavy atom. The standard InChI is InChI=1S/C29H38N6O6/c1-18-27(39)31-22(12-19-7-4-3-5-8-19)28(40)34-14-20-11-21(23(34)9-6-10-24(36)30-18)15-33(13-20)25(37)17-35-26(38)16-32(2)29(35)41/h3-5,7-8,18,20-23H,6,9-17H2,1-2H3,(H,30,36)(H,31,39)/t18-,20+,21-,22+,23+/m1/s1. The number of imide groups is 1. The number of piperidine rings is 2. The van der Waals surface area contributed by atoms with Gasteiger partial charge < -0.3 is 25.3 Å². The van der Waals surface area contributed by atoms with Crippen LogP contribution in [0.15, 0.2) is 30.3 Å².